The van der Waals surface area contributed by atoms with Crippen LogP contribution in [0.25, 0.3) is 22.5 Å². The highest BCUT2D eigenvalue weighted by Crippen LogP contribution is 2.42. The second-order valence-corrected chi connectivity index (χ2v) is 7.82. The van der Waals surface area contributed by atoms with Crippen molar-refractivity contribution in [3.8, 4) is 17.0 Å². The first-order chi connectivity index (χ1) is 15.0. The van der Waals surface area contributed by atoms with Gasteiger partial charge in [-0.2, -0.15) is 5.10 Å². The van der Waals surface area contributed by atoms with Crippen LogP contribution in [0.3, 0.4) is 0 Å². The lowest BCUT2D eigenvalue weighted by atomic mass is 10.0. The number of nitrogens with one attached hydrogen (secondary N) is 2. The van der Waals surface area contributed by atoms with Crippen molar-refractivity contribution < 1.29 is 13.9 Å². The Labute approximate surface area is 182 Å². The monoisotopic (exact) mass is 439 g/mol. The molecule has 2 N–H and O–H groups in total. The maximum absolute atomic E-state index is 14.2. The van der Waals surface area contributed by atoms with Crippen LogP contribution in [-0.2, 0) is 4.79 Å². The van der Waals surface area contributed by atoms with Gasteiger partial charge in [-0.1, -0.05) is 6.07 Å². The maximum Gasteiger partial charge on any atom is 0.262 e. The molecular weight excluding hydrogens is 421 g/mol. The minimum Gasteiger partial charge on any atom is -0.495 e. The van der Waals surface area contributed by atoms with E-state index in [0.29, 0.717) is 29.0 Å². The summed E-state index contributed by atoms with van der Waals surface area (Å²) in [6.45, 7) is 0.452. The van der Waals surface area contributed by atoms with Crippen LogP contribution in [0.2, 0.25) is 0 Å². The average Bonchev–Trinajstić information content (AvgIpc) is 3.41. The highest BCUT2D eigenvalue weighted by atomic mass is 35.5. The lowest BCUT2D eigenvalue weighted by Gasteiger charge is -2.15. The summed E-state index contributed by atoms with van der Waals surface area (Å²) in [5.41, 5.74) is 2.53. The molecule has 9 heteroatoms. The number of rotatable bonds is 5. The van der Waals surface area contributed by atoms with Gasteiger partial charge in [-0.15, -0.1) is 0 Å². The second kappa shape index (κ2) is 7.39. The van der Waals surface area contributed by atoms with Crippen LogP contribution in [0.1, 0.15) is 18.4 Å². The smallest absolute Gasteiger partial charge is 0.262 e. The minimum absolute atomic E-state index is 0.236. The number of alkyl halides is 1. The molecule has 3 aromatic rings. The standard InChI is InChI=1S/C22H19ClFN5O2/c1-31-17-6-5-13(12-15(17)26-20(30)22(24)8-9-22)19-18(14-7-10-25-21(23)27-14)16-4-2-3-11-29(16)28-19/h2-7,11-12H,8-10H2,1H3,(H,25,27)(H,26,30). The van der Waals surface area contributed by atoms with Crippen molar-refractivity contribution in [2.75, 3.05) is 19.0 Å². The molecule has 2 aliphatic rings. The highest BCUT2D eigenvalue weighted by Gasteiger charge is 2.51. The van der Waals surface area contributed by atoms with E-state index >= 15 is 0 Å². The molecule has 1 aromatic carbocycles. The number of anilines is 1. The molecule has 2 aromatic heterocycles. The first-order valence-electron chi connectivity index (χ1n) is 9.82. The molecule has 31 heavy (non-hydrogen) atoms. The van der Waals surface area contributed by atoms with Crippen LogP contribution in [0, 0.1) is 0 Å². The summed E-state index contributed by atoms with van der Waals surface area (Å²) in [5, 5.41) is 10.8. The van der Waals surface area contributed by atoms with E-state index in [-0.39, 0.29) is 12.8 Å². The summed E-state index contributed by atoms with van der Waals surface area (Å²) in [6.07, 6.45) is 4.26. The number of methoxy groups -OCH3 is 1. The molecule has 1 fully saturated rings. The van der Waals surface area contributed by atoms with Crippen LogP contribution in [0.5, 0.6) is 5.75 Å². The molecule has 5 rings (SSSR count). The van der Waals surface area contributed by atoms with E-state index in [1.807, 2.05) is 36.5 Å². The molecule has 3 heterocycles. The molecule has 0 spiro atoms. The fourth-order valence-electron chi connectivity index (χ4n) is 3.57. The fourth-order valence-corrected chi connectivity index (χ4v) is 3.74. The van der Waals surface area contributed by atoms with Crippen molar-refractivity contribution in [2.24, 2.45) is 4.99 Å². The number of aliphatic imine (C=N–C) groups is 1. The number of hydrogen-bond donors (Lipinski definition) is 2. The number of pyridine rings is 1. The van der Waals surface area contributed by atoms with Crippen LogP contribution in [0.4, 0.5) is 10.1 Å². The summed E-state index contributed by atoms with van der Waals surface area (Å²) < 4.78 is 21.4. The van der Waals surface area contributed by atoms with Gasteiger partial charge in [0.15, 0.2) is 11.0 Å². The predicted molar refractivity (Wildman–Crippen MR) is 118 cm³/mol. The summed E-state index contributed by atoms with van der Waals surface area (Å²) in [4.78, 5) is 16.4. The Balaban J connectivity index is 1.62. The van der Waals surface area contributed by atoms with Crippen molar-refractivity contribution in [3.05, 3.63) is 54.2 Å². The van der Waals surface area contributed by atoms with Crippen molar-refractivity contribution in [1.29, 1.82) is 0 Å². The number of amidine groups is 1. The topological polar surface area (TPSA) is 80.0 Å². The number of benzene rings is 1. The summed E-state index contributed by atoms with van der Waals surface area (Å²) in [6, 6.07) is 11.1. The number of ether oxygens (including phenoxy) is 1. The molecular formula is C22H19ClFN5O2. The van der Waals surface area contributed by atoms with Gasteiger partial charge in [0, 0.05) is 17.5 Å². The van der Waals surface area contributed by atoms with E-state index in [0.717, 1.165) is 22.3 Å². The molecule has 1 amide bonds. The van der Waals surface area contributed by atoms with E-state index in [1.165, 1.54) is 7.11 Å². The maximum atomic E-state index is 14.2. The number of nitrogens with zero attached hydrogens (tertiary/aromatic N) is 3. The first kappa shape index (κ1) is 19.6. The number of halogens is 2. The zero-order valence-electron chi connectivity index (χ0n) is 16.7. The normalized spacial score (nSPS) is 16.9. The van der Waals surface area contributed by atoms with Crippen LogP contribution in [-0.4, -0.2) is 40.1 Å². The largest absolute Gasteiger partial charge is 0.495 e. The first-order valence-corrected chi connectivity index (χ1v) is 10.2. The lowest BCUT2D eigenvalue weighted by molar-refractivity contribution is -0.122. The van der Waals surface area contributed by atoms with Crippen molar-refractivity contribution in [1.82, 2.24) is 14.9 Å². The highest BCUT2D eigenvalue weighted by molar-refractivity contribution is 6.65. The summed E-state index contributed by atoms with van der Waals surface area (Å²) >= 11 is 6.12. The van der Waals surface area contributed by atoms with Crippen LogP contribution < -0.4 is 15.4 Å². The fraction of sp³-hybridized carbons (Fsp3) is 0.227. The van der Waals surface area contributed by atoms with Crippen molar-refractivity contribution in [3.63, 3.8) is 0 Å². The van der Waals surface area contributed by atoms with Gasteiger partial charge in [-0.05, 0) is 60.9 Å². The van der Waals surface area contributed by atoms with Gasteiger partial charge >= 0.3 is 0 Å². The third-order valence-corrected chi connectivity index (χ3v) is 5.60. The van der Waals surface area contributed by atoms with E-state index in [2.05, 4.69) is 15.6 Å². The number of aromatic nitrogens is 2. The Kier molecular flexibility index (Phi) is 4.66. The van der Waals surface area contributed by atoms with Crippen LogP contribution in [0.15, 0.2) is 53.7 Å². The predicted octanol–water partition coefficient (Wildman–Crippen LogP) is 3.99. The van der Waals surface area contributed by atoms with Gasteiger partial charge in [0.05, 0.1) is 30.4 Å². The third-order valence-electron chi connectivity index (χ3n) is 5.39. The molecule has 0 unspecified atom stereocenters. The molecule has 0 bridgehead atoms. The average molecular weight is 440 g/mol. The zero-order chi connectivity index (χ0) is 21.6. The number of carbonyl (C=O) groups is 1. The van der Waals surface area contributed by atoms with Gasteiger partial charge in [0.2, 0.25) is 0 Å². The third kappa shape index (κ3) is 3.53. The Morgan fingerprint density at radius 2 is 2.16 bits per heavy atom. The van der Waals surface area contributed by atoms with E-state index < -0.39 is 11.6 Å². The number of hydrogen-bond acceptors (Lipinski definition) is 5. The second-order valence-electron chi connectivity index (χ2n) is 7.46. The molecule has 7 nitrogen and oxygen atoms in total. The van der Waals surface area contributed by atoms with Crippen LogP contribution >= 0.6 is 11.6 Å². The molecule has 1 aliphatic carbocycles. The summed E-state index contributed by atoms with van der Waals surface area (Å²) in [5.74, 6) is -0.213. The van der Waals surface area contributed by atoms with Gasteiger partial charge in [-0.3, -0.25) is 9.79 Å². The Hall–Kier alpha value is -3.39. The molecule has 1 aliphatic heterocycles. The molecule has 1 saturated carbocycles. The van der Waals surface area contributed by atoms with E-state index in [4.69, 9.17) is 21.4 Å². The van der Waals surface area contributed by atoms with E-state index in [1.54, 1.807) is 16.6 Å². The Morgan fingerprint density at radius 3 is 2.90 bits per heavy atom. The zero-order valence-corrected chi connectivity index (χ0v) is 17.4. The molecule has 0 atom stereocenters. The van der Waals surface area contributed by atoms with Crippen molar-refractivity contribution in [2.45, 2.75) is 18.5 Å². The van der Waals surface area contributed by atoms with E-state index in [9.17, 15) is 9.18 Å². The number of carbonyl (C=O) groups excluding carboxylic acids is 1. The quantitative estimate of drug-likeness (QED) is 0.589. The number of amides is 1. The lowest BCUT2D eigenvalue weighted by Crippen LogP contribution is -2.25. The van der Waals surface area contributed by atoms with Gasteiger partial charge in [-0.25, -0.2) is 8.91 Å². The number of fused-ring (bicyclic) bond motifs is 1. The molecule has 0 saturated heterocycles. The molecule has 0 radical (unpaired) electrons. The summed E-state index contributed by atoms with van der Waals surface area (Å²) in [7, 11) is 1.50. The molecule has 158 valence electrons. The minimum atomic E-state index is -1.79. The Morgan fingerprint density at radius 1 is 1.32 bits per heavy atom. The Bertz CT molecular complexity index is 1260. The SMILES string of the molecule is COc1ccc(-c2nn3ccccc3c2C2=CCN=C(Cl)N2)cc1NC(=O)C1(F)CC1. The van der Waals surface area contributed by atoms with Crippen molar-refractivity contribution >= 4 is 39.7 Å². The van der Waals surface area contributed by atoms with Gasteiger partial charge in [0.25, 0.3) is 5.91 Å². The van der Waals surface area contributed by atoms with Gasteiger partial charge < -0.3 is 15.4 Å². The van der Waals surface area contributed by atoms with Gasteiger partial charge in [0.1, 0.15) is 11.4 Å².